The lowest BCUT2D eigenvalue weighted by Crippen LogP contribution is -2.20. The smallest absolute Gasteiger partial charge is 0.146 e. The van der Waals surface area contributed by atoms with Gasteiger partial charge in [-0.1, -0.05) is 53.2 Å². The van der Waals surface area contributed by atoms with Crippen molar-refractivity contribution in [3.05, 3.63) is 76.4 Å². The Bertz CT molecular complexity index is 786. The van der Waals surface area contributed by atoms with E-state index in [-0.39, 0.29) is 5.92 Å². The van der Waals surface area contributed by atoms with Gasteiger partial charge in [-0.25, -0.2) is 0 Å². The fourth-order valence-electron chi connectivity index (χ4n) is 3.81. The summed E-state index contributed by atoms with van der Waals surface area (Å²) in [5, 5.41) is 0. The zero-order valence-electron chi connectivity index (χ0n) is 18.3. The number of carbonyl (C=O) groups excluding carboxylic acids is 1. The highest BCUT2D eigenvalue weighted by molar-refractivity contribution is 5.78. The minimum absolute atomic E-state index is 0.126. The molecule has 2 nitrogen and oxygen atoms in total. The van der Waals surface area contributed by atoms with Crippen molar-refractivity contribution in [3.8, 4) is 0 Å². The quantitative estimate of drug-likeness (QED) is 0.375. The molecule has 0 spiro atoms. The lowest BCUT2D eigenvalue weighted by atomic mass is 9.72. The maximum absolute atomic E-state index is 11.8. The first-order valence-corrected chi connectivity index (χ1v) is 10.2. The van der Waals surface area contributed by atoms with Crippen molar-refractivity contribution in [1.29, 1.82) is 0 Å². The molecule has 150 valence electrons. The van der Waals surface area contributed by atoms with Crippen molar-refractivity contribution in [1.82, 2.24) is 0 Å². The monoisotopic (exact) mass is 377 g/mol. The van der Waals surface area contributed by atoms with Gasteiger partial charge in [-0.05, 0) is 76.1 Å². The summed E-state index contributed by atoms with van der Waals surface area (Å²) in [6, 6.07) is 8.63. The van der Waals surface area contributed by atoms with Crippen LogP contribution in [0, 0.1) is 5.92 Å². The summed E-state index contributed by atoms with van der Waals surface area (Å²) in [6.07, 6.45) is 13.0. The van der Waals surface area contributed by atoms with E-state index in [0.717, 1.165) is 31.1 Å². The van der Waals surface area contributed by atoms with Gasteiger partial charge in [0.1, 0.15) is 6.29 Å². The number of anilines is 1. The van der Waals surface area contributed by atoms with Gasteiger partial charge in [0.2, 0.25) is 0 Å². The molecule has 0 aliphatic heterocycles. The molecule has 1 aromatic carbocycles. The fraction of sp³-hybridized carbons (Fsp3) is 0.423. The summed E-state index contributed by atoms with van der Waals surface area (Å²) in [5.74, 6) is 0.453. The Kier molecular flexibility index (Phi) is 8.04. The molecule has 0 N–H and O–H groups in total. The Morgan fingerprint density at radius 3 is 2.29 bits per heavy atom. The lowest BCUT2D eigenvalue weighted by molar-refractivity contribution is -0.105. The molecule has 0 bridgehead atoms. The molecule has 0 amide bonds. The number of allylic oxidation sites excluding steroid dienone is 8. The van der Waals surface area contributed by atoms with E-state index >= 15 is 0 Å². The third kappa shape index (κ3) is 5.82. The topological polar surface area (TPSA) is 20.3 Å². The largest absolute Gasteiger partial charge is 0.378 e. The highest BCUT2D eigenvalue weighted by Gasteiger charge is 2.29. The first kappa shape index (κ1) is 21.9. The predicted molar refractivity (Wildman–Crippen MR) is 122 cm³/mol. The van der Waals surface area contributed by atoms with Crippen LogP contribution in [0.1, 0.15) is 58.4 Å². The second-order valence-electron chi connectivity index (χ2n) is 8.37. The van der Waals surface area contributed by atoms with Crippen LogP contribution in [-0.4, -0.2) is 20.4 Å². The molecule has 2 heteroatoms. The van der Waals surface area contributed by atoms with E-state index in [9.17, 15) is 4.79 Å². The standard InChI is InChI=1S/C26H35NO/c1-19(2)8-7-9-20(3)10-17-25-21(4)11-12-23(18-28)26(25)22-13-15-24(16-14-22)27(5)6/h8,10-16,18,25-26H,7,9,17H2,1-6H3/b20-10+/t25-,26+/m0/s1. The Morgan fingerprint density at radius 1 is 1.04 bits per heavy atom. The summed E-state index contributed by atoms with van der Waals surface area (Å²) in [4.78, 5) is 13.9. The number of hydrogen-bond donors (Lipinski definition) is 0. The molecule has 0 saturated carbocycles. The lowest BCUT2D eigenvalue weighted by Gasteiger charge is -2.31. The first-order valence-electron chi connectivity index (χ1n) is 10.2. The Balaban J connectivity index is 2.24. The second-order valence-corrected chi connectivity index (χ2v) is 8.37. The van der Waals surface area contributed by atoms with Gasteiger partial charge in [-0.3, -0.25) is 4.79 Å². The summed E-state index contributed by atoms with van der Waals surface area (Å²) < 4.78 is 0. The molecule has 0 heterocycles. The molecule has 0 unspecified atom stereocenters. The molecule has 0 fully saturated rings. The van der Waals surface area contributed by atoms with Crippen molar-refractivity contribution < 1.29 is 4.79 Å². The van der Waals surface area contributed by atoms with E-state index in [1.165, 1.54) is 28.0 Å². The van der Waals surface area contributed by atoms with Crippen molar-refractivity contribution in [3.63, 3.8) is 0 Å². The van der Waals surface area contributed by atoms with E-state index in [4.69, 9.17) is 0 Å². The fourth-order valence-corrected chi connectivity index (χ4v) is 3.81. The number of carbonyl (C=O) groups is 1. The van der Waals surface area contributed by atoms with Crippen LogP contribution in [0.4, 0.5) is 5.69 Å². The normalized spacial score (nSPS) is 19.6. The number of hydrogen-bond acceptors (Lipinski definition) is 2. The van der Waals surface area contributed by atoms with Crippen LogP contribution >= 0.6 is 0 Å². The molecule has 2 atom stereocenters. The molecule has 28 heavy (non-hydrogen) atoms. The highest BCUT2D eigenvalue weighted by Crippen LogP contribution is 2.41. The van der Waals surface area contributed by atoms with Gasteiger partial charge in [0.15, 0.2) is 0 Å². The van der Waals surface area contributed by atoms with E-state index < -0.39 is 0 Å². The zero-order chi connectivity index (χ0) is 20.7. The SMILES string of the molecule is CC(C)=CCC/C(C)=C/C[C@H]1C(C)=CC=C(C=O)[C@H]1c1ccc(N(C)C)cc1. The molecule has 1 aliphatic rings. The molecule has 1 aromatic rings. The third-order valence-electron chi connectivity index (χ3n) is 5.60. The highest BCUT2D eigenvalue weighted by atomic mass is 16.1. The number of nitrogens with zero attached hydrogens (tertiary/aromatic N) is 1. The maximum Gasteiger partial charge on any atom is 0.146 e. The minimum atomic E-state index is 0.126. The summed E-state index contributed by atoms with van der Waals surface area (Å²) in [6.45, 7) is 8.71. The predicted octanol–water partition coefficient (Wildman–Crippen LogP) is 6.62. The number of benzene rings is 1. The Hall–Kier alpha value is -2.35. The van der Waals surface area contributed by atoms with Crippen LogP contribution in [-0.2, 0) is 4.79 Å². The van der Waals surface area contributed by atoms with Crippen LogP contribution in [0.25, 0.3) is 0 Å². The van der Waals surface area contributed by atoms with Gasteiger partial charge in [0, 0.05) is 25.7 Å². The molecule has 0 saturated heterocycles. The van der Waals surface area contributed by atoms with E-state index in [1.54, 1.807) is 0 Å². The number of aldehydes is 1. The van der Waals surface area contributed by atoms with Gasteiger partial charge in [-0.2, -0.15) is 0 Å². The van der Waals surface area contributed by atoms with Crippen molar-refractivity contribution in [2.45, 2.75) is 52.9 Å². The van der Waals surface area contributed by atoms with Crippen LogP contribution in [0.3, 0.4) is 0 Å². The van der Waals surface area contributed by atoms with Crippen molar-refractivity contribution >= 4 is 12.0 Å². The van der Waals surface area contributed by atoms with Crippen molar-refractivity contribution in [2.75, 3.05) is 19.0 Å². The summed E-state index contributed by atoms with van der Waals surface area (Å²) in [5.41, 5.74) is 7.42. The second kappa shape index (κ2) is 10.3. The van der Waals surface area contributed by atoms with Crippen LogP contribution in [0.2, 0.25) is 0 Å². The summed E-state index contributed by atoms with van der Waals surface area (Å²) >= 11 is 0. The van der Waals surface area contributed by atoms with Gasteiger partial charge < -0.3 is 4.90 Å². The minimum Gasteiger partial charge on any atom is -0.378 e. The van der Waals surface area contributed by atoms with E-state index in [0.29, 0.717) is 5.92 Å². The Labute approximate surface area is 171 Å². The molecular weight excluding hydrogens is 342 g/mol. The van der Waals surface area contributed by atoms with E-state index in [2.05, 4.69) is 75.1 Å². The third-order valence-corrected chi connectivity index (χ3v) is 5.60. The van der Waals surface area contributed by atoms with Gasteiger partial charge >= 0.3 is 0 Å². The average molecular weight is 378 g/mol. The molecule has 2 rings (SSSR count). The molecular formula is C26H35NO. The number of rotatable bonds is 8. The van der Waals surface area contributed by atoms with Crippen LogP contribution < -0.4 is 4.90 Å². The van der Waals surface area contributed by atoms with Crippen LogP contribution in [0.15, 0.2) is 70.9 Å². The van der Waals surface area contributed by atoms with Gasteiger partial charge in [-0.15, -0.1) is 0 Å². The van der Waals surface area contributed by atoms with Gasteiger partial charge in [0.05, 0.1) is 0 Å². The van der Waals surface area contributed by atoms with E-state index in [1.807, 2.05) is 20.2 Å². The van der Waals surface area contributed by atoms with Gasteiger partial charge in [0.25, 0.3) is 0 Å². The molecule has 0 radical (unpaired) electrons. The average Bonchev–Trinajstić information content (AvgIpc) is 2.66. The molecule has 0 aromatic heterocycles. The van der Waals surface area contributed by atoms with Crippen LogP contribution in [0.5, 0.6) is 0 Å². The maximum atomic E-state index is 11.8. The Morgan fingerprint density at radius 2 is 1.71 bits per heavy atom. The first-order chi connectivity index (χ1) is 13.3. The molecule has 1 aliphatic carbocycles. The zero-order valence-corrected chi connectivity index (χ0v) is 18.3. The van der Waals surface area contributed by atoms with Crippen molar-refractivity contribution in [2.24, 2.45) is 5.92 Å². The summed E-state index contributed by atoms with van der Waals surface area (Å²) in [7, 11) is 4.09.